The van der Waals surface area contributed by atoms with E-state index in [1.54, 1.807) is 12.1 Å². The van der Waals surface area contributed by atoms with Crippen molar-refractivity contribution in [3.8, 4) is 10.4 Å². The molecule has 0 aliphatic rings. The smallest absolute Gasteiger partial charge is 0.328 e. The zero-order valence-electron chi connectivity index (χ0n) is 14.3. The number of hydrogen-bond acceptors (Lipinski definition) is 6. The van der Waals surface area contributed by atoms with Crippen molar-refractivity contribution < 1.29 is 23.9 Å². The van der Waals surface area contributed by atoms with Crippen LogP contribution in [0.1, 0.15) is 23.2 Å². The topological polar surface area (TPSA) is 81.7 Å². The highest BCUT2D eigenvalue weighted by Gasteiger charge is 2.24. The fourth-order valence-electron chi connectivity index (χ4n) is 2.34. The predicted molar refractivity (Wildman–Crippen MR) is 102 cm³/mol. The van der Waals surface area contributed by atoms with Crippen molar-refractivity contribution in [3.63, 3.8) is 0 Å². The molecule has 26 heavy (non-hydrogen) atoms. The summed E-state index contributed by atoms with van der Waals surface area (Å²) in [5.41, 5.74) is 1.19. The number of thiophene rings is 1. The standard InChI is InChI=1S/C18H18BrNO5S/c1-24-16(21)8-7-14(18(23)25-2)20-17(22)12-6-5-11(19)10-13(12)15-4-3-9-26-15/h3-6,9-10,14H,7-8H2,1-2H3,(H,20,22). The van der Waals surface area contributed by atoms with Gasteiger partial charge in [0.2, 0.25) is 0 Å². The molecule has 0 radical (unpaired) electrons. The molecular formula is C18H18BrNO5S. The first-order valence-corrected chi connectivity index (χ1v) is 9.42. The van der Waals surface area contributed by atoms with Gasteiger partial charge in [0.1, 0.15) is 6.04 Å². The van der Waals surface area contributed by atoms with Crippen LogP contribution in [0.15, 0.2) is 40.2 Å². The number of hydrogen-bond donors (Lipinski definition) is 1. The van der Waals surface area contributed by atoms with Gasteiger partial charge >= 0.3 is 11.9 Å². The van der Waals surface area contributed by atoms with E-state index < -0.39 is 23.9 Å². The van der Waals surface area contributed by atoms with Gasteiger partial charge in [-0.15, -0.1) is 11.3 Å². The Hall–Kier alpha value is -2.19. The molecule has 0 aliphatic heterocycles. The van der Waals surface area contributed by atoms with E-state index >= 15 is 0 Å². The van der Waals surface area contributed by atoms with Crippen LogP contribution in [-0.4, -0.2) is 38.1 Å². The van der Waals surface area contributed by atoms with Crippen molar-refractivity contribution in [2.24, 2.45) is 0 Å². The van der Waals surface area contributed by atoms with Crippen molar-refractivity contribution >= 4 is 45.1 Å². The van der Waals surface area contributed by atoms with E-state index in [0.717, 1.165) is 14.9 Å². The van der Waals surface area contributed by atoms with Gasteiger partial charge < -0.3 is 14.8 Å². The fraction of sp³-hybridized carbons (Fsp3) is 0.278. The summed E-state index contributed by atoms with van der Waals surface area (Å²) in [6.07, 6.45) is 0.0879. The summed E-state index contributed by atoms with van der Waals surface area (Å²) < 4.78 is 10.1. The van der Waals surface area contributed by atoms with Crippen LogP contribution in [0.3, 0.4) is 0 Å². The second kappa shape index (κ2) is 9.49. The lowest BCUT2D eigenvalue weighted by molar-refractivity contribution is -0.144. The highest BCUT2D eigenvalue weighted by Crippen LogP contribution is 2.30. The SMILES string of the molecule is COC(=O)CCC(NC(=O)c1ccc(Br)cc1-c1cccs1)C(=O)OC. The summed E-state index contributed by atoms with van der Waals surface area (Å²) in [7, 11) is 2.50. The fourth-order valence-corrected chi connectivity index (χ4v) is 3.46. The molecule has 2 rings (SSSR count). The van der Waals surface area contributed by atoms with Crippen LogP contribution in [0.4, 0.5) is 0 Å². The lowest BCUT2D eigenvalue weighted by Crippen LogP contribution is -2.42. The molecule has 0 saturated carbocycles. The van der Waals surface area contributed by atoms with E-state index in [9.17, 15) is 14.4 Å². The van der Waals surface area contributed by atoms with Crippen LogP contribution in [0, 0.1) is 0 Å². The first-order valence-electron chi connectivity index (χ1n) is 7.75. The second-order valence-corrected chi connectivity index (χ2v) is 7.19. The average Bonchev–Trinajstić information content (AvgIpc) is 3.18. The molecule has 1 aromatic carbocycles. The summed E-state index contributed by atoms with van der Waals surface area (Å²) in [6.45, 7) is 0. The monoisotopic (exact) mass is 439 g/mol. The number of ether oxygens (including phenoxy) is 2. The van der Waals surface area contributed by atoms with Crippen LogP contribution in [0.2, 0.25) is 0 Å². The molecule has 0 bridgehead atoms. The summed E-state index contributed by atoms with van der Waals surface area (Å²) in [4.78, 5) is 37.0. The Balaban J connectivity index is 2.24. The molecule has 1 aromatic heterocycles. The minimum Gasteiger partial charge on any atom is -0.469 e. The predicted octanol–water partition coefficient (Wildman–Crippen LogP) is 3.40. The average molecular weight is 440 g/mol. The largest absolute Gasteiger partial charge is 0.469 e. The Morgan fingerprint density at radius 1 is 1.19 bits per heavy atom. The lowest BCUT2D eigenvalue weighted by atomic mass is 10.0. The van der Waals surface area contributed by atoms with Gasteiger partial charge in [-0.05, 0) is 36.1 Å². The molecular weight excluding hydrogens is 422 g/mol. The van der Waals surface area contributed by atoms with Gasteiger partial charge in [0.05, 0.1) is 14.2 Å². The molecule has 6 nitrogen and oxygen atoms in total. The molecule has 2 aromatic rings. The molecule has 1 N–H and O–H groups in total. The first-order chi connectivity index (χ1) is 12.5. The number of nitrogens with one attached hydrogen (secondary N) is 1. The van der Waals surface area contributed by atoms with Gasteiger partial charge in [-0.3, -0.25) is 9.59 Å². The zero-order chi connectivity index (χ0) is 19.1. The van der Waals surface area contributed by atoms with Crippen LogP contribution in [0.5, 0.6) is 0 Å². The highest BCUT2D eigenvalue weighted by atomic mass is 79.9. The number of amides is 1. The number of methoxy groups -OCH3 is 2. The Morgan fingerprint density at radius 3 is 2.58 bits per heavy atom. The van der Waals surface area contributed by atoms with Crippen LogP contribution in [0.25, 0.3) is 10.4 Å². The van der Waals surface area contributed by atoms with Crippen molar-refractivity contribution in [2.45, 2.75) is 18.9 Å². The van der Waals surface area contributed by atoms with Crippen LogP contribution < -0.4 is 5.32 Å². The van der Waals surface area contributed by atoms with Gasteiger partial charge in [0, 0.05) is 26.9 Å². The molecule has 0 fully saturated rings. The van der Waals surface area contributed by atoms with E-state index in [-0.39, 0.29) is 12.8 Å². The Labute approximate surface area is 163 Å². The van der Waals surface area contributed by atoms with Crippen LogP contribution in [-0.2, 0) is 19.1 Å². The second-order valence-electron chi connectivity index (χ2n) is 5.33. The third-order valence-electron chi connectivity index (χ3n) is 3.67. The molecule has 1 atom stereocenters. The zero-order valence-corrected chi connectivity index (χ0v) is 16.7. The summed E-state index contributed by atoms with van der Waals surface area (Å²) >= 11 is 4.92. The Bertz CT molecular complexity index is 791. The molecule has 1 unspecified atom stereocenters. The van der Waals surface area contributed by atoms with Crippen molar-refractivity contribution in [2.75, 3.05) is 14.2 Å². The molecule has 0 saturated heterocycles. The van der Waals surface area contributed by atoms with E-state index in [1.165, 1.54) is 25.6 Å². The van der Waals surface area contributed by atoms with Gasteiger partial charge in [-0.1, -0.05) is 22.0 Å². The number of carbonyl (C=O) groups excluding carboxylic acids is 3. The van der Waals surface area contributed by atoms with E-state index in [1.807, 2.05) is 23.6 Å². The normalized spacial score (nSPS) is 11.5. The number of halogens is 1. The number of esters is 2. The van der Waals surface area contributed by atoms with Gasteiger partial charge in [-0.25, -0.2) is 4.79 Å². The Morgan fingerprint density at radius 2 is 1.96 bits per heavy atom. The molecule has 8 heteroatoms. The maximum atomic E-state index is 12.8. The van der Waals surface area contributed by atoms with Gasteiger partial charge in [0.25, 0.3) is 5.91 Å². The highest BCUT2D eigenvalue weighted by molar-refractivity contribution is 9.10. The summed E-state index contributed by atoms with van der Waals surface area (Å²) in [6, 6.07) is 8.17. The third-order valence-corrected chi connectivity index (χ3v) is 5.07. The quantitative estimate of drug-likeness (QED) is 0.668. The lowest BCUT2D eigenvalue weighted by Gasteiger charge is -2.17. The van der Waals surface area contributed by atoms with Gasteiger partial charge in [-0.2, -0.15) is 0 Å². The van der Waals surface area contributed by atoms with Gasteiger partial charge in [0.15, 0.2) is 0 Å². The number of carbonyl (C=O) groups is 3. The van der Waals surface area contributed by atoms with Crippen LogP contribution >= 0.6 is 27.3 Å². The summed E-state index contributed by atoms with van der Waals surface area (Å²) in [5.74, 6) is -1.49. The van der Waals surface area contributed by atoms with E-state index in [0.29, 0.717) is 5.56 Å². The summed E-state index contributed by atoms with van der Waals surface area (Å²) in [5, 5.41) is 4.58. The van der Waals surface area contributed by atoms with E-state index in [4.69, 9.17) is 4.74 Å². The minimum absolute atomic E-state index is 0.00529. The first kappa shape index (κ1) is 20.1. The van der Waals surface area contributed by atoms with Crippen molar-refractivity contribution in [1.82, 2.24) is 5.32 Å². The minimum atomic E-state index is -0.938. The molecule has 1 heterocycles. The Kier molecular flexibility index (Phi) is 7.35. The molecule has 0 aliphatic carbocycles. The maximum Gasteiger partial charge on any atom is 0.328 e. The number of benzene rings is 1. The molecule has 0 spiro atoms. The number of rotatable bonds is 7. The van der Waals surface area contributed by atoms with E-state index in [2.05, 4.69) is 26.0 Å². The van der Waals surface area contributed by atoms with Crippen molar-refractivity contribution in [1.29, 1.82) is 0 Å². The molecule has 138 valence electrons. The maximum absolute atomic E-state index is 12.8. The van der Waals surface area contributed by atoms with Crippen molar-refractivity contribution in [3.05, 3.63) is 45.7 Å². The molecule has 1 amide bonds. The third kappa shape index (κ3) is 5.15.